The Bertz CT molecular complexity index is 612. The van der Waals surface area contributed by atoms with Gasteiger partial charge in [0.1, 0.15) is 0 Å². The first-order valence-corrected chi connectivity index (χ1v) is 7.66. The predicted octanol–water partition coefficient (Wildman–Crippen LogP) is 1.73. The summed E-state index contributed by atoms with van der Waals surface area (Å²) in [5, 5.41) is 9.86. The number of aromatic nitrogens is 3. The highest BCUT2D eigenvalue weighted by atomic mass is 16.5. The summed E-state index contributed by atoms with van der Waals surface area (Å²) in [6.45, 7) is 3.87. The van der Waals surface area contributed by atoms with Gasteiger partial charge in [-0.3, -0.25) is 9.89 Å². The van der Waals surface area contributed by atoms with Gasteiger partial charge in [-0.15, -0.1) is 0 Å². The lowest BCUT2D eigenvalue weighted by Crippen LogP contribution is -2.43. The molecule has 0 unspecified atom stereocenters. The van der Waals surface area contributed by atoms with Crippen molar-refractivity contribution in [3.63, 3.8) is 0 Å². The Kier molecular flexibility index (Phi) is 4.29. The van der Waals surface area contributed by atoms with E-state index in [0.29, 0.717) is 26.2 Å². The number of H-pyrrole nitrogens is 1. The normalized spacial score (nSPS) is 17.3. The van der Waals surface area contributed by atoms with E-state index in [0.717, 1.165) is 24.1 Å². The summed E-state index contributed by atoms with van der Waals surface area (Å²) in [6.07, 6.45) is 8.03. The number of carbonyl (C=O) groups is 1. The average molecular weight is 302 g/mol. The number of aryl methyl sites for hydroxylation is 1. The van der Waals surface area contributed by atoms with E-state index in [1.807, 2.05) is 31.5 Å². The van der Waals surface area contributed by atoms with Crippen molar-refractivity contribution in [3.8, 4) is 0 Å². The Morgan fingerprint density at radius 1 is 1.41 bits per heavy atom. The van der Waals surface area contributed by atoms with Crippen LogP contribution in [0.4, 0.5) is 0 Å². The van der Waals surface area contributed by atoms with Crippen LogP contribution < -0.4 is 5.32 Å². The smallest absolute Gasteiger partial charge is 0.222 e. The molecule has 2 aromatic rings. The average Bonchev–Trinajstić information content (AvgIpc) is 3.18. The summed E-state index contributed by atoms with van der Waals surface area (Å²) in [5.41, 5.74) is 1.85. The van der Waals surface area contributed by atoms with Crippen molar-refractivity contribution in [1.82, 2.24) is 20.1 Å². The zero-order valence-corrected chi connectivity index (χ0v) is 12.8. The Labute approximate surface area is 129 Å². The van der Waals surface area contributed by atoms with E-state index < -0.39 is 0 Å². The molecule has 1 fully saturated rings. The quantitative estimate of drug-likeness (QED) is 0.883. The van der Waals surface area contributed by atoms with Crippen LogP contribution in [-0.2, 0) is 21.6 Å². The molecule has 6 heteroatoms. The first kappa shape index (κ1) is 14.8. The zero-order chi connectivity index (χ0) is 15.4. The lowest BCUT2D eigenvalue weighted by atomic mass is 9.86. The van der Waals surface area contributed by atoms with Crippen LogP contribution in [0.3, 0.4) is 0 Å². The molecular weight excluding hydrogens is 280 g/mol. The summed E-state index contributed by atoms with van der Waals surface area (Å²) >= 11 is 0. The number of rotatable bonds is 5. The van der Waals surface area contributed by atoms with Crippen LogP contribution in [0.5, 0.6) is 0 Å². The third-order valence-electron chi connectivity index (χ3n) is 4.48. The number of aromatic amines is 1. The first-order chi connectivity index (χ1) is 10.7. The maximum atomic E-state index is 12.4. The molecule has 0 spiro atoms. The van der Waals surface area contributed by atoms with Crippen molar-refractivity contribution in [3.05, 3.63) is 42.0 Å². The van der Waals surface area contributed by atoms with Gasteiger partial charge in [0.15, 0.2) is 0 Å². The second-order valence-electron chi connectivity index (χ2n) is 5.90. The number of nitrogens with one attached hydrogen (secondary N) is 2. The van der Waals surface area contributed by atoms with Crippen LogP contribution in [-0.4, -0.2) is 33.9 Å². The van der Waals surface area contributed by atoms with E-state index in [2.05, 4.69) is 20.1 Å². The first-order valence-electron chi connectivity index (χ1n) is 7.66. The Morgan fingerprint density at radius 3 is 2.77 bits per heavy atom. The Morgan fingerprint density at radius 2 is 2.14 bits per heavy atom. The van der Waals surface area contributed by atoms with Crippen LogP contribution in [0.2, 0.25) is 0 Å². The maximum Gasteiger partial charge on any atom is 0.222 e. The van der Waals surface area contributed by atoms with Gasteiger partial charge in [-0.2, -0.15) is 5.10 Å². The highest BCUT2D eigenvalue weighted by Crippen LogP contribution is 2.32. The van der Waals surface area contributed by atoms with Crippen molar-refractivity contribution in [2.45, 2.75) is 38.3 Å². The standard InChI is InChI=1S/C16H22N4O2/c1-13-14(12-18-19-13)11-17-15(21)10-16(4-8-22-9-5-16)20-6-2-3-7-20/h2-3,6-7,12H,4-5,8-11H2,1H3,(H,17,21)(H,18,19). The fourth-order valence-electron chi connectivity index (χ4n) is 3.04. The van der Waals surface area contributed by atoms with Crippen LogP contribution >= 0.6 is 0 Å². The molecule has 0 bridgehead atoms. The molecule has 22 heavy (non-hydrogen) atoms. The number of hydrogen-bond acceptors (Lipinski definition) is 3. The third kappa shape index (κ3) is 3.06. The van der Waals surface area contributed by atoms with E-state index in [1.54, 1.807) is 6.20 Å². The van der Waals surface area contributed by atoms with E-state index in [4.69, 9.17) is 4.74 Å². The van der Waals surface area contributed by atoms with Crippen molar-refractivity contribution >= 4 is 5.91 Å². The van der Waals surface area contributed by atoms with Gasteiger partial charge >= 0.3 is 0 Å². The summed E-state index contributed by atoms with van der Waals surface area (Å²) in [7, 11) is 0. The molecule has 0 aliphatic carbocycles. The number of nitrogens with zero attached hydrogens (tertiary/aromatic N) is 2. The molecule has 0 atom stereocenters. The minimum Gasteiger partial charge on any atom is -0.381 e. The molecule has 3 heterocycles. The van der Waals surface area contributed by atoms with Crippen LogP contribution in [0.25, 0.3) is 0 Å². The van der Waals surface area contributed by atoms with Gasteiger partial charge in [-0.25, -0.2) is 0 Å². The molecule has 1 amide bonds. The van der Waals surface area contributed by atoms with Gasteiger partial charge in [-0.05, 0) is 31.9 Å². The number of hydrogen-bond donors (Lipinski definition) is 2. The Hall–Kier alpha value is -2.08. The number of ether oxygens (including phenoxy) is 1. The predicted molar refractivity (Wildman–Crippen MR) is 82.2 cm³/mol. The molecule has 0 radical (unpaired) electrons. The number of amides is 1. The summed E-state index contributed by atoms with van der Waals surface area (Å²) in [6, 6.07) is 4.01. The lowest BCUT2D eigenvalue weighted by molar-refractivity contribution is -0.124. The maximum absolute atomic E-state index is 12.4. The molecule has 0 saturated carbocycles. The van der Waals surface area contributed by atoms with Gasteiger partial charge < -0.3 is 14.6 Å². The molecule has 1 saturated heterocycles. The topological polar surface area (TPSA) is 71.9 Å². The third-order valence-corrected chi connectivity index (χ3v) is 4.48. The summed E-state index contributed by atoms with van der Waals surface area (Å²) in [5.74, 6) is 0.0659. The SMILES string of the molecule is Cc1[nH]ncc1CNC(=O)CC1(n2cccc2)CCOCC1. The van der Waals surface area contributed by atoms with Crippen molar-refractivity contribution in [2.75, 3.05) is 13.2 Å². The minimum absolute atomic E-state index is 0.0659. The molecule has 1 aliphatic heterocycles. The van der Waals surface area contributed by atoms with E-state index in [-0.39, 0.29) is 11.4 Å². The highest BCUT2D eigenvalue weighted by molar-refractivity contribution is 5.77. The van der Waals surface area contributed by atoms with Gasteiger partial charge in [0.2, 0.25) is 5.91 Å². The van der Waals surface area contributed by atoms with Gasteiger partial charge in [-0.1, -0.05) is 0 Å². The van der Waals surface area contributed by atoms with Gasteiger partial charge in [0, 0.05) is 43.4 Å². The monoisotopic (exact) mass is 302 g/mol. The van der Waals surface area contributed by atoms with Crippen LogP contribution in [0.15, 0.2) is 30.7 Å². The summed E-state index contributed by atoms with van der Waals surface area (Å²) < 4.78 is 7.65. The van der Waals surface area contributed by atoms with Gasteiger partial charge in [0.05, 0.1) is 18.2 Å². The van der Waals surface area contributed by atoms with Crippen LogP contribution in [0.1, 0.15) is 30.5 Å². The fraction of sp³-hybridized carbons (Fsp3) is 0.500. The van der Waals surface area contributed by atoms with E-state index >= 15 is 0 Å². The molecule has 3 rings (SSSR count). The van der Waals surface area contributed by atoms with Crippen molar-refractivity contribution < 1.29 is 9.53 Å². The second-order valence-corrected chi connectivity index (χ2v) is 5.90. The van der Waals surface area contributed by atoms with Gasteiger partial charge in [0.25, 0.3) is 0 Å². The molecule has 118 valence electrons. The second kappa shape index (κ2) is 6.36. The summed E-state index contributed by atoms with van der Waals surface area (Å²) in [4.78, 5) is 12.4. The van der Waals surface area contributed by atoms with Crippen molar-refractivity contribution in [2.24, 2.45) is 0 Å². The molecule has 2 N–H and O–H groups in total. The number of carbonyl (C=O) groups excluding carboxylic acids is 1. The highest BCUT2D eigenvalue weighted by Gasteiger charge is 2.36. The molecule has 1 aliphatic rings. The molecule has 0 aromatic carbocycles. The largest absolute Gasteiger partial charge is 0.381 e. The van der Waals surface area contributed by atoms with E-state index in [1.165, 1.54) is 0 Å². The van der Waals surface area contributed by atoms with E-state index in [9.17, 15) is 4.79 Å². The lowest BCUT2D eigenvalue weighted by Gasteiger charge is -2.38. The molecule has 6 nitrogen and oxygen atoms in total. The fourth-order valence-corrected chi connectivity index (χ4v) is 3.04. The molecular formula is C16H22N4O2. The Balaban J connectivity index is 1.66. The minimum atomic E-state index is -0.169. The van der Waals surface area contributed by atoms with Crippen molar-refractivity contribution in [1.29, 1.82) is 0 Å². The molecule has 2 aromatic heterocycles. The zero-order valence-electron chi connectivity index (χ0n) is 12.8. The van der Waals surface area contributed by atoms with Crippen LogP contribution in [0, 0.1) is 6.92 Å².